The summed E-state index contributed by atoms with van der Waals surface area (Å²) in [5, 5.41) is 11.7. The van der Waals surface area contributed by atoms with Crippen LogP contribution in [0.1, 0.15) is 35.7 Å². The summed E-state index contributed by atoms with van der Waals surface area (Å²) in [6.07, 6.45) is 1.45. The van der Waals surface area contributed by atoms with Gasteiger partial charge in [-0.05, 0) is 38.8 Å². The van der Waals surface area contributed by atoms with E-state index in [1.807, 2.05) is 26.0 Å². The third-order valence-corrected chi connectivity index (χ3v) is 2.77. The Balaban J connectivity index is 2.74. The molecule has 1 rings (SSSR count). The molecule has 0 bridgehead atoms. The lowest BCUT2D eigenvalue weighted by Crippen LogP contribution is -2.32. The molecule has 0 aliphatic rings. The van der Waals surface area contributed by atoms with Gasteiger partial charge in [0, 0.05) is 12.6 Å². The molecule has 1 atom stereocenters. The van der Waals surface area contributed by atoms with Gasteiger partial charge in [0.2, 0.25) is 0 Å². The molecule has 0 radical (unpaired) electrons. The van der Waals surface area contributed by atoms with Crippen molar-refractivity contribution in [2.75, 3.05) is 13.7 Å². The van der Waals surface area contributed by atoms with Crippen LogP contribution in [0.4, 0.5) is 0 Å². The molecule has 0 heterocycles. The van der Waals surface area contributed by atoms with Crippen LogP contribution in [0.5, 0.6) is 5.75 Å². The Kier molecular flexibility index (Phi) is 5.65. The van der Waals surface area contributed by atoms with Crippen LogP contribution in [0.2, 0.25) is 0 Å². The van der Waals surface area contributed by atoms with Crippen LogP contribution in [0.25, 0.3) is 0 Å². The van der Waals surface area contributed by atoms with Gasteiger partial charge in [0.05, 0.1) is 12.7 Å². The van der Waals surface area contributed by atoms with Crippen molar-refractivity contribution >= 4 is 5.91 Å². The van der Waals surface area contributed by atoms with Crippen molar-refractivity contribution in [1.29, 1.82) is 0 Å². The van der Waals surface area contributed by atoms with Gasteiger partial charge in [-0.1, -0.05) is 11.6 Å². The highest BCUT2D eigenvalue weighted by atomic mass is 16.5. The van der Waals surface area contributed by atoms with E-state index in [-0.39, 0.29) is 18.6 Å². The van der Waals surface area contributed by atoms with Crippen molar-refractivity contribution in [3.05, 3.63) is 29.3 Å². The molecular weight excluding hydrogens is 230 g/mol. The second-order valence-electron chi connectivity index (χ2n) is 4.44. The number of benzene rings is 1. The largest absolute Gasteiger partial charge is 0.496 e. The first-order chi connectivity index (χ1) is 8.58. The first-order valence-electron chi connectivity index (χ1n) is 6.15. The van der Waals surface area contributed by atoms with Gasteiger partial charge >= 0.3 is 0 Å². The quantitative estimate of drug-likeness (QED) is 0.811. The van der Waals surface area contributed by atoms with E-state index in [1.165, 1.54) is 0 Å². The van der Waals surface area contributed by atoms with Crippen molar-refractivity contribution in [3.8, 4) is 5.75 Å². The van der Waals surface area contributed by atoms with Gasteiger partial charge in [0.1, 0.15) is 5.75 Å². The monoisotopic (exact) mass is 251 g/mol. The Morgan fingerprint density at radius 3 is 2.83 bits per heavy atom. The molecule has 4 nitrogen and oxygen atoms in total. The van der Waals surface area contributed by atoms with Crippen molar-refractivity contribution in [2.45, 2.75) is 32.7 Å². The van der Waals surface area contributed by atoms with E-state index in [0.29, 0.717) is 17.7 Å². The molecular formula is C14H21NO3. The highest BCUT2D eigenvalue weighted by Gasteiger charge is 2.14. The van der Waals surface area contributed by atoms with Crippen LogP contribution < -0.4 is 10.1 Å². The van der Waals surface area contributed by atoms with Crippen LogP contribution in [-0.2, 0) is 0 Å². The summed E-state index contributed by atoms with van der Waals surface area (Å²) in [6.45, 7) is 4.01. The fourth-order valence-corrected chi connectivity index (χ4v) is 1.77. The molecule has 18 heavy (non-hydrogen) atoms. The molecule has 1 unspecified atom stereocenters. The summed E-state index contributed by atoms with van der Waals surface area (Å²) in [7, 11) is 1.55. The highest BCUT2D eigenvalue weighted by Crippen LogP contribution is 2.19. The van der Waals surface area contributed by atoms with Crippen molar-refractivity contribution in [1.82, 2.24) is 5.32 Å². The van der Waals surface area contributed by atoms with E-state index in [1.54, 1.807) is 13.2 Å². The molecule has 0 aromatic heterocycles. The first-order valence-corrected chi connectivity index (χ1v) is 6.15. The molecule has 1 aromatic carbocycles. The molecule has 0 saturated carbocycles. The summed E-state index contributed by atoms with van der Waals surface area (Å²) in [6, 6.07) is 5.55. The van der Waals surface area contributed by atoms with Crippen LogP contribution in [0.3, 0.4) is 0 Å². The van der Waals surface area contributed by atoms with Gasteiger partial charge in [-0.2, -0.15) is 0 Å². The number of aryl methyl sites for hydroxylation is 1. The lowest BCUT2D eigenvalue weighted by molar-refractivity contribution is 0.0933. The predicted molar refractivity (Wildman–Crippen MR) is 71.0 cm³/mol. The topological polar surface area (TPSA) is 58.6 Å². The minimum absolute atomic E-state index is 0.0369. The average molecular weight is 251 g/mol. The molecule has 0 aliphatic carbocycles. The second kappa shape index (κ2) is 7.01. The number of carbonyl (C=O) groups excluding carboxylic acids is 1. The fraction of sp³-hybridized carbons (Fsp3) is 0.500. The fourth-order valence-electron chi connectivity index (χ4n) is 1.77. The maximum absolute atomic E-state index is 12.1. The molecule has 0 saturated heterocycles. The molecule has 2 N–H and O–H groups in total. The van der Waals surface area contributed by atoms with Crippen molar-refractivity contribution in [2.24, 2.45) is 0 Å². The van der Waals surface area contributed by atoms with Crippen LogP contribution in [-0.4, -0.2) is 30.8 Å². The Morgan fingerprint density at radius 2 is 2.22 bits per heavy atom. The normalized spacial score (nSPS) is 12.0. The molecule has 0 spiro atoms. The standard InChI is InChI=1S/C14H21NO3/c1-10-6-7-13(18-3)12(9-10)14(17)15-11(2)5-4-8-16/h6-7,9,11,16H,4-5,8H2,1-3H3,(H,15,17). The number of ether oxygens (including phenoxy) is 1. The van der Waals surface area contributed by atoms with Crippen LogP contribution in [0.15, 0.2) is 18.2 Å². The Bertz CT molecular complexity index is 404. The Labute approximate surface area is 108 Å². The average Bonchev–Trinajstić information content (AvgIpc) is 2.36. The number of aliphatic hydroxyl groups is 1. The van der Waals surface area contributed by atoms with E-state index in [2.05, 4.69) is 5.32 Å². The molecule has 1 aromatic rings. The molecule has 0 fully saturated rings. The van der Waals surface area contributed by atoms with Crippen molar-refractivity contribution < 1.29 is 14.6 Å². The van der Waals surface area contributed by atoms with Gasteiger partial charge < -0.3 is 15.2 Å². The number of aliphatic hydroxyl groups excluding tert-OH is 1. The molecule has 0 aliphatic heterocycles. The van der Waals surface area contributed by atoms with Crippen LogP contribution >= 0.6 is 0 Å². The zero-order valence-electron chi connectivity index (χ0n) is 11.2. The number of carbonyl (C=O) groups is 1. The van der Waals surface area contributed by atoms with Gasteiger partial charge in [-0.25, -0.2) is 0 Å². The maximum atomic E-state index is 12.1. The number of amides is 1. The highest BCUT2D eigenvalue weighted by molar-refractivity contribution is 5.97. The lowest BCUT2D eigenvalue weighted by atomic mass is 10.1. The van der Waals surface area contributed by atoms with Crippen molar-refractivity contribution in [3.63, 3.8) is 0 Å². The number of hydrogen-bond donors (Lipinski definition) is 2. The summed E-state index contributed by atoms with van der Waals surface area (Å²) in [5.74, 6) is 0.438. The van der Waals surface area contributed by atoms with E-state index < -0.39 is 0 Å². The third-order valence-electron chi connectivity index (χ3n) is 2.77. The Morgan fingerprint density at radius 1 is 1.50 bits per heavy atom. The second-order valence-corrected chi connectivity index (χ2v) is 4.44. The number of rotatable bonds is 6. The zero-order valence-corrected chi connectivity index (χ0v) is 11.2. The molecule has 1 amide bonds. The number of nitrogens with one attached hydrogen (secondary N) is 1. The van der Waals surface area contributed by atoms with E-state index in [9.17, 15) is 4.79 Å². The molecule has 4 heteroatoms. The summed E-state index contributed by atoms with van der Waals surface area (Å²) in [5.41, 5.74) is 1.57. The van der Waals surface area contributed by atoms with Gasteiger partial charge in [-0.3, -0.25) is 4.79 Å². The van der Waals surface area contributed by atoms with E-state index >= 15 is 0 Å². The van der Waals surface area contributed by atoms with Gasteiger partial charge in [0.15, 0.2) is 0 Å². The number of hydrogen-bond acceptors (Lipinski definition) is 3. The Hall–Kier alpha value is -1.55. The van der Waals surface area contributed by atoms with E-state index in [0.717, 1.165) is 12.0 Å². The first kappa shape index (κ1) is 14.5. The molecule has 100 valence electrons. The van der Waals surface area contributed by atoms with Gasteiger partial charge in [0.25, 0.3) is 5.91 Å². The zero-order chi connectivity index (χ0) is 13.5. The minimum atomic E-state index is -0.138. The van der Waals surface area contributed by atoms with Gasteiger partial charge in [-0.15, -0.1) is 0 Å². The van der Waals surface area contributed by atoms with E-state index in [4.69, 9.17) is 9.84 Å². The predicted octanol–water partition coefficient (Wildman–Crippen LogP) is 1.89. The SMILES string of the molecule is COc1ccc(C)cc1C(=O)NC(C)CCCO. The summed E-state index contributed by atoms with van der Waals surface area (Å²) in [4.78, 5) is 12.1. The van der Waals surface area contributed by atoms with Crippen LogP contribution in [0, 0.1) is 6.92 Å². The lowest BCUT2D eigenvalue weighted by Gasteiger charge is -2.15. The smallest absolute Gasteiger partial charge is 0.255 e. The summed E-state index contributed by atoms with van der Waals surface area (Å²) < 4.78 is 5.18. The number of methoxy groups -OCH3 is 1. The minimum Gasteiger partial charge on any atom is -0.496 e. The maximum Gasteiger partial charge on any atom is 0.255 e. The summed E-state index contributed by atoms with van der Waals surface area (Å²) >= 11 is 0. The third kappa shape index (κ3) is 4.04.